The lowest BCUT2D eigenvalue weighted by Crippen LogP contribution is -2.22. The Morgan fingerprint density at radius 2 is 2.07 bits per heavy atom. The fourth-order valence-corrected chi connectivity index (χ4v) is 3.45. The average molecular weight is 404 g/mol. The molecule has 140 valence electrons. The zero-order valence-corrected chi connectivity index (χ0v) is 16.4. The van der Waals surface area contributed by atoms with Gasteiger partial charge in [0.2, 0.25) is 0 Å². The summed E-state index contributed by atoms with van der Waals surface area (Å²) < 4.78 is 10.7. The number of methoxy groups -OCH3 is 1. The van der Waals surface area contributed by atoms with Gasteiger partial charge in [-0.15, -0.1) is 11.3 Å². The van der Waals surface area contributed by atoms with Crippen LogP contribution in [0.3, 0.4) is 0 Å². The summed E-state index contributed by atoms with van der Waals surface area (Å²) in [5.41, 5.74) is 2.24. The molecule has 0 fully saturated rings. The van der Waals surface area contributed by atoms with Crippen molar-refractivity contribution >= 4 is 28.8 Å². The summed E-state index contributed by atoms with van der Waals surface area (Å²) in [5.74, 6) is 0.586. The van der Waals surface area contributed by atoms with E-state index < -0.39 is 0 Å². The molecule has 27 heavy (non-hydrogen) atoms. The number of halogens is 1. The van der Waals surface area contributed by atoms with Crippen LogP contribution in [0.5, 0.6) is 11.5 Å². The van der Waals surface area contributed by atoms with Crippen LogP contribution in [0.1, 0.15) is 22.3 Å². The maximum absolute atomic E-state index is 12.5. The van der Waals surface area contributed by atoms with E-state index >= 15 is 0 Å². The van der Waals surface area contributed by atoms with Crippen molar-refractivity contribution in [1.82, 2.24) is 15.3 Å². The topological polar surface area (TPSA) is 73.3 Å². The van der Waals surface area contributed by atoms with Crippen LogP contribution in [0.25, 0.3) is 11.3 Å². The molecule has 0 aliphatic heterocycles. The van der Waals surface area contributed by atoms with E-state index in [1.807, 2.05) is 24.4 Å². The van der Waals surface area contributed by atoms with Gasteiger partial charge >= 0.3 is 0 Å². The van der Waals surface area contributed by atoms with Gasteiger partial charge in [-0.05, 0) is 31.2 Å². The quantitative estimate of drug-likeness (QED) is 0.640. The Hall–Kier alpha value is -2.64. The van der Waals surface area contributed by atoms with Gasteiger partial charge in [0.15, 0.2) is 11.5 Å². The van der Waals surface area contributed by atoms with Crippen molar-refractivity contribution in [1.29, 1.82) is 0 Å². The zero-order chi connectivity index (χ0) is 19.2. The van der Waals surface area contributed by atoms with Crippen molar-refractivity contribution in [2.24, 2.45) is 0 Å². The normalized spacial score (nSPS) is 10.5. The van der Waals surface area contributed by atoms with Gasteiger partial charge in [0.25, 0.3) is 5.91 Å². The second-order valence-electron chi connectivity index (χ2n) is 5.47. The van der Waals surface area contributed by atoms with Crippen molar-refractivity contribution in [2.45, 2.75) is 13.5 Å². The summed E-state index contributed by atoms with van der Waals surface area (Å²) in [5, 5.41) is 5.94. The molecule has 2 heterocycles. The van der Waals surface area contributed by atoms with E-state index in [1.165, 1.54) is 18.4 Å². The highest BCUT2D eigenvalue weighted by molar-refractivity contribution is 7.09. The van der Waals surface area contributed by atoms with E-state index in [2.05, 4.69) is 15.3 Å². The van der Waals surface area contributed by atoms with Gasteiger partial charge < -0.3 is 14.8 Å². The molecule has 1 amide bonds. The SMILES string of the molecule is CCOc1c(Cl)cc(C(=O)NCc2nc(-c3ccncc3)cs2)cc1OC. The number of carbonyl (C=O) groups is 1. The summed E-state index contributed by atoms with van der Waals surface area (Å²) in [6.45, 7) is 2.62. The van der Waals surface area contributed by atoms with Crippen LogP contribution in [-0.2, 0) is 6.54 Å². The lowest BCUT2D eigenvalue weighted by Gasteiger charge is -2.13. The first-order valence-corrected chi connectivity index (χ1v) is 9.51. The first kappa shape index (κ1) is 19.1. The molecule has 0 radical (unpaired) electrons. The fraction of sp³-hybridized carbons (Fsp3) is 0.211. The molecular formula is C19H18ClN3O3S. The molecule has 8 heteroatoms. The van der Waals surface area contributed by atoms with Crippen molar-refractivity contribution in [2.75, 3.05) is 13.7 Å². The van der Waals surface area contributed by atoms with Crippen molar-refractivity contribution in [3.05, 3.63) is 57.6 Å². The largest absolute Gasteiger partial charge is 0.493 e. The minimum atomic E-state index is -0.265. The number of nitrogens with one attached hydrogen (secondary N) is 1. The highest BCUT2D eigenvalue weighted by atomic mass is 35.5. The van der Waals surface area contributed by atoms with Crippen LogP contribution in [-0.4, -0.2) is 29.6 Å². The van der Waals surface area contributed by atoms with Gasteiger partial charge in [0.1, 0.15) is 5.01 Å². The Labute approximate surface area is 166 Å². The molecule has 3 aromatic rings. The van der Waals surface area contributed by atoms with Crippen LogP contribution in [0.2, 0.25) is 5.02 Å². The fourth-order valence-electron chi connectivity index (χ4n) is 2.44. The van der Waals surface area contributed by atoms with Gasteiger partial charge in [-0.3, -0.25) is 9.78 Å². The van der Waals surface area contributed by atoms with Gasteiger partial charge in [-0.2, -0.15) is 0 Å². The predicted octanol–water partition coefficient (Wildman–Crippen LogP) is 4.20. The number of aromatic nitrogens is 2. The number of ether oxygens (including phenoxy) is 2. The molecule has 2 aromatic heterocycles. The number of rotatable bonds is 7. The van der Waals surface area contributed by atoms with Crippen molar-refractivity contribution in [3.63, 3.8) is 0 Å². The highest BCUT2D eigenvalue weighted by Gasteiger charge is 2.16. The highest BCUT2D eigenvalue weighted by Crippen LogP contribution is 2.36. The van der Waals surface area contributed by atoms with E-state index in [4.69, 9.17) is 21.1 Å². The Morgan fingerprint density at radius 1 is 1.30 bits per heavy atom. The average Bonchev–Trinajstić information content (AvgIpc) is 3.17. The molecule has 1 N–H and O–H groups in total. The second-order valence-corrected chi connectivity index (χ2v) is 6.82. The molecular weight excluding hydrogens is 386 g/mol. The molecule has 0 aliphatic rings. The maximum Gasteiger partial charge on any atom is 0.251 e. The third kappa shape index (κ3) is 4.56. The van der Waals surface area contributed by atoms with Crippen LogP contribution in [0.4, 0.5) is 0 Å². The number of hydrogen-bond acceptors (Lipinski definition) is 6. The third-order valence-corrected chi connectivity index (χ3v) is 4.84. The lowest BCUT2D eigenvalue weighted by molar-refractivity contribution is 0.0950. The lowest BCUT2D eigenvalue weighted by atomic mass is 10.2. The van der Waals surface area contributed by atoms with Crippen molar-refractivity contribution in [3.8, 4) is 22.8 Å². The Kier molecular flexibility index (Phi) is 6.26. The van der Waals surface area contributed by atoms with Crippen LogP contribution in [0.15, 0.2) is 42.0 Å². The summed E-state index contributed by atoms with van der Waals surface area (Å²) in [4.78, 5) is 21.0. The zero-order valence-electron chi connectivity index (χ0n) is 14.9. The van der Waals surface area contributed by atoms with Crippen LogP contribution >= 0.6 is 22.9 Å². The monoisotopic (exact) mass is 403 g/mol. The first-order valence-electron chi connectivity index (χ1n) is 8.25. The molecule has 0 aliphatic carbocycles. The molecule has 0 unspecified atom stereocenters. The number of pyridine rings is 1. The molecule has 0 spiro atoms. The number of nitrogens with zero attached hydrogens (tertiary/aromatic N) is 2. The minimum Gasteiger partial charge on any atom is -0.493 e. The summed E-state index contributed by atoms with van der Waals surface area (Å²) in [6, 6.07) is 6.96. The third-order valence-electron chi connectivity index (χ3n) is 3.71. The van der Waals surface area contributed by atoms with Gasteiger partial charge in [0, 0.05) is 28.9 Å². The first-order chi connectivity index (χ1) is 13.1. The summed E-state index contributed by atoms with van der Waals surface area (Å²) in [6.07, 6.45) is 3.44. The molecule has 3 rings (SSSR count). The van der Waals surface area contributed by atoms with E-state index in [-0.39, 0.29) is 5.91 Å². The predicted molar refractivity (Wildman–Crippen MR) is 106 cm³/mol. The van der Waals surface area contributed by atoms with Gasteiger partial charge in [-0.1, -0.05) is 11.6 Å². The van der Waals surface area contributed by atoms with E-state index in [0.717, 1.165) is 16.3 Å². The second kappa shape index (κ2) is 8.83. The van der Waals surface area contributed by atoms with E-state index in [9.17, 15) is 4.79 Å². The molecule has 6 nitrogen and oxygen atoms in total. The van der Waals surface area contributed by atoms with E-state index in [1.54, 1.807) is 24.5 Å². The molecule has 0 saturated heterocycles. The van der Waals surface area contributed by atoms with Crippen molar-refractivity contribution < 1.29 is 14.3 Å². The number of amides is 1. The smallest absolute Gasteiger partial charge is 0.251 e. The Balaban J connectivity index is 1.69. The standard InChI is InChI=1S/C19H18ClN3O3S/c1-3-26-18-14(20)8-13(9-16(18)25-2)19(24)22-10-17-23-15(11-27-17)12-4-6-21-7-5-12/h4-9,11H,3,10H2,1-2H3,(H,22,24). The molecule has 0 saturated carbocycles. The molecule has 0 atom stereocenters. The number of carbonyl (C=O) groups excluding carboxylic acids is 1. The molecule has 1 aromatic carbocycles. The summed E-state index contributed by atoms with van der Waals surface area (Å²) >= 11 is 7.71. The van der Waals surface area contributed by atoms with Crippen LogP contribution in [0, 0.1) is 0 Å². The molecule has 0 bridgehead atoms. The maximum atomic E-state index is 12.5. The Bertz CT molecular complexity index is 931. The number of thiazole rings is 1. The number of hydrogen-bond donors (Lipinski definition) is 1. The summed E-state index contributed by atoms with van der Waals surface area (Å²) in [7, 11) is 1.51. The van der Waals surface area contributed by atoms with E-state index in [0.29, 0.717) is 35.2 Å². The van der Waals surface area contributed by atoms with Gasteiger partial charge in [0.05, 0.1) is 31.0 Å². The Morgan fingerprint density at radius 3 is 2.78 bits per heavy atom. The van der Waals surface area contributed by atoms with Crippen LogP contribution < -0.4 is 14.8 Å². The minimum absolute atomic E-state index is 0.265. The van der Waals surface area contributed by atoms with Gasteiger partial charge in [-0.25, -0.2) is 4.98 Å². The number of benzene rings is 1.